The number of thioether (sulfide) groups is 1. The van der Waals surface area contributed by atoms with Crippen molar-refractivity contribution in [2.24, 2.45) is 0 Å². The summed E-state index contributed by atoms with van der Waals surface area (Å²) in [5, 5.41) is 1.55. The monoisotopic (exact) mass is 192 g/mol. The quantitative estimate of drug-likeness (QED) is 0.608. The standard InChI is InChI=1S/C12H16S/c1-9-7-11-5-3-4-6-12(11)8-10(2)13-9/h3-6,9-10H,7-8H2,1-2H3. The van der Waals surface area contributed by atoms with Crippen LogP contribution in [0.15, 0.2) is 24.3 Å². The average molecular weight is 192 g/mol. The number of rotatable bonds is 0. The Balaban J connectivity index is 2.32. The maximum Gasteiger partial charge on any atom is 0.00620 e. The normalized spacial score (nSPS) is 27.8. The lowest BCUT2D eigenvalue weighted by Crippen LogP contribution is -2.03. The summed E-state index contributed by atoms with van der Waals surface area (Å²) in [5.74, 6) is 0. The van der Waals surface area contributed by atoms with Crippen molar-refractivity contribution in [2.75, 3.05) is 0 Å². The number of hydrogen-bond donors (Lipinski definition) is 0. The minimum Gasteiger partial charge on any atom is -0.155 e. The van der Waals surface area contributed by atoms with Gasteiger partial charge < -0.3 is 0 Å². The van der Waals surface area contributed by atoms with E-state index in [2.05, 4.69) is 49.9 Å². The molecular weight excluding hydrogens is 176 g/mol. The molecule has 0 fully saturated rings. The third kappa shape index (κ3) is 2.08. The molecule has 0 aliphatic carbocycles. The van der Waals surface area contributed by atoms with Crippen molar-refractivity contribution in [1.29, 1.82) is 0 Å². The molecule has 0 bridgehead atoms. The van der Waals surface area contributed by atoms with Gasteiger partial charge in [0, 0.05) is 10.5 Å². The molecule has 1 heterocycles. The minimum atomic E-state index is 0.777. The average Bonchev–Trinajstić information content (AvgIpc) is 2.20. The van der Waals surface area contributed by atoms with Crippen molar-refractivity contribution in [2.45, 2.75) is 37.2 Å². The molecule has 2 unspecified atom stereocenters. The summed E-state index contributed by atoms with van der Waals surface area (Å²) in [4.78, 5) is 0. The zero-order valence-electron chi connectivity index (χ0n) is 8.29. The first-order valence-electron chi connectivity index (χ1n) is 4.98. The van der Waals surface area contributed by atoms with E-state index < -0.39 is 0 Å². The van der Waals surface area contributed by atoms with Crippen LogP contribution in [-0.2, 0) is 12.8 Å². The Morgan fingerprint density at radius 1 is 1.00 bits per heavy atom. The van der Waals surface area contributed by atoms with Crippen LogP contribution in [-0.4, -0.2) is 10.5 Å². The van der Waals surface area contributed by atoms with Crippen LogP contribution >= 0.6 is 11.8 Å². The first-order chi connectivity index (χ1) is 6.25. The van der Waals surface area contributed by atoms with Crippen molar-refractivity contribution >= 4 is 11.8 Å². The highest BCUT2D eigenvalue weighted by atomic mass is 32.2. The second-order valence-electron chi connectivity index (χ2n) is 3.93. The summed E-state index contributed by atoms with van der Waals surface area (Å²) in [6.45, 7) is 4.67. The van der Waals surface area contributed by atoms with Gasteiger partial charge in [0.1, 0.15) is 0 Å². The lowest BCUT2D eigenvalue weighted by molar-refractivity contribution is 0.931. The van der Waals surface area contributed by atoms with Gasteiger partial charge in [0.15, 0.2) is 0 Å². The van der Waals surface area contributed by atoms with Gasteiger partial charge in [-0.25, -0.2) is 0 Å². The zero-order valence-corrected chi connectivity index (χ0v) is 9.10. The number of fused-ring (bicyclic) bond motifs is 1. The van der Waals surface area contributed by atoms with E-state index >= 15 is 0 Å². The lowest BCUT2D eigenvalue weighted by atomic mass is 10.00. The summed E-state index contributed by atoms with van der Waals surface area (Å²) < 4.78 is 0. The molecule has 70 valence electrons. The Bertz CT molecular complexity index is 264. The summed E-state index contributed by atoms with van der Waals surface area (Å²) >= 11 is 2.12. The molecule has 0 radical (unpaired) electrons. The molecule has 2 atom stereocenters. The van der Waals surface area contributed by atoms with Gasteiger partial charge in [-0.1, -0.05) is 38.1 Å². The van der Waals surface area contributed by atoms with E-state index in [9.17, 15) is 0 Å². The van der Waals surface area contributed by atoms with Crippen LogP contribution in [0.4, 0.5) is 0 Å². The van der Waals surface area contributed by atoms with Crippen LogP contribution in [0.1, 0.15) is 25.0 Å². The molecule has 0 amide bonds. The van der Waals surface area contributed by atoms with Gasteiger partial charge in [0.25, 0.3) is 0 Å². The van der Waals surface area contributed by atoms with Crippen molar-refractivity contribution in [3.63, 3.8) is 0 Å². The van der Waals surface area contributed by atoms with Gasteiger partial charge in [-0.2, -0.15) is 11.8 Å². The maximum atomic E-state index is 2.34. The predicted octanol–water partition coefficient (Wildman–Crippen LogP) is 3.30. The fraction of sp³-hybridized carbons (Fsp3) is 0.500. The van der Waals surface area contributed by atoms with E-state index in [1.54, 1.807) is 11.1 Å². The fourth-order valence-electron chi connectivity index (χ4n) is 2.07. The molecule has 1 aliphatic rings. The number of hydrogen-bond acceptors (Lipinski definition) is 1. The molecule has 0 saturated heterocycles. The third-order valence-corrected chi connectivity index (χ3v) is 3.86. The van der Waals surface area contributed by atoms with Crippen LogP contribution in [0.2, 0.25) is 0 Å². The molecule has 0 saturated carbocycles. The van der Waals surface area contributed by atoms with Gasteiger partial charge >= 0.3 is 0 Å². The van der Waals surface area contributed by atoms with Gasteiger partial charge in [0.05, 0.1) is 0 Å². The maximum absolute atomic E-state index is 2.34. The lowest BCUT2D eigenvalue weighted by Gasteiger charge is -2.10. The number of benzene rings is 1. The molecular formula is C12H16S. The van der Waals surface area contributed by atoms with Gasteiger partial charge in [-0.3, -0.25) is 0 Å². The molecule has 0 nitrogen and oxygen atoms in total. The predicted molar refractivity (Wildman–Crippen MR) is 60.4 cm³/mol. The molecule has 1 heteroatoms. The fourth-order valence-corrected chi connectivity index (χ4v) is 3.41. The zero-order chi connectivity index (χ0) is 9.26. The van der Waals surface area contributed by atoms with Crippen molar-refractivity contribution < 1.29 is 0 Å². The second kappa shape index (κ2) is 3.75. The summed E-state index contributed by atoms with van der Waals surface area (Å²) in [7, 11) is 0. The summed E-state index contributed by atoms with van der Waals surface area (Å²) in [6.07, 6.45) is 2.48. The second-order valence-corrected chi connectivity index (χ2v) is 5.82. The Morgan fingerprint density at radius 2 is 1.46 bits per heavy atom. The Morgan fingerprint density at radius 3 is 1.92 bits per heavy atom. The van der Waals surface area contributed by atoms with E-state index in [0.29, 0.717) is 0 Å². The summed E-state index contributed by atoms with van der Waals surface area (Å²) in [6, 6.07) is 8.88. The molecule has 0 spiro atoms. The Hall–Kier alpha value is -0.430. The Kier molecular flexibility index (Phi) is 2.63. The van der Waals surface area contributed by atoms with Crippen LogP contribution < -0.4 is 0 Å². The van der Waals surface area contributed by atoms with E-state index in [1.807, 2.05) is 0 Å². The highest BCUT2D eigenvalue weighted by molar-refractivity contribution is 8.00. The highest BCUT2D eigenvalue weighted by Crippen LogP contribution is 2.29. The highest BCUT2D eigenvalue weighted by Gasteiger charge is 2.17. The topological polar surface area (TPSA) is 0 Å². The van der Waals surface area contributed by atoms with E-state index in [1.165, 1.54) is 12.8 Å². The molecule has 0 aromatic heterocycles. The van der Waals surface area contributed by atoms with Crippen molar-refractivity contribution in [1.82, 2.24) is 0 Å². The largest absolute Gasteiger partial charge is 0.155 e. The Labute approximate surface area is 84.7 Å². The third-order valence-electron chi connectivity index (χ3n) is 2.60. The molecule has 1 aromatic carbocycles. The molecule has 0 N–H and O–H groups in total. The van der Waals surface area contributed by atoms with Crippen LogP contribution in [0, 0.1) is 0 Å². The molecule has 1 aliphatic heterocycles. The van der Waals surface area contributed by atoms with Gasteiger partial charge in [-0.15, -0.1) is 0 Å². The molecule has 13 heavy (non-hydrogen) atoms. The minimum absolute atomic E-state index is 0.777. The van der Waals surface area contributed by atoms with E-state index in [-0.39, 0.29) is 0 Å². The first kappa shape index (κ1) is 9.14. The van der Waals surface area contributed by atoms with Crippen molar-refractivity contribution in [3.05, 3.63) is 35.4 Å². The summed E-state index contributed by atoms with van der Waals surface area (Å²) in [5.41, 5.74) is 3.12. The molecule has 2 rings (SSSR count). The smallest absolute Gasteiger partial charge is 0.00620 e. The first-order valence-corrected chi connectivity index (χ1v) is 5.92. The van der Waals surface area contributed by atoms with Gasteiger partial charge in [-0.05, 0) is 24.0 Å². The van der Waals surface area contributed by atoms with Crippen molar-refractivity contribution in [3.8, 4) is 0 Å². The van der Waals surface area contributed by atoms with E-state index in [0.717, 1.165) is 10.5 Å². The van der Waals surface area contributed by atoms with Crippen LogP contribution in [0.3, 0.4) is 0 Å². The molecule has 1 aromatic rings. The van der Waals surface area contributed by atoms with E-state index in [4.69, 9.17) is 0 Å². The van der Waals surface area contributed by atoms with Crippen LogP contribution in [0.25, 0.3) is 0 Å². The van der Waals surface area contributed by atoms with Gasteiger partial charge in [0.2, 0.25) is 0 Å². The SMILES string of the molecule is CC1Cc2ccccc2CC(C)S1. The van der Waals surface area contributed by atoms with Crippen LogP contribution in [0.5, 0.6) is 0 Å².